The Morgan fingerprint density at radius 3 is 2.91 bits per heavy atom. The zero-order valence-corrected chi connectivity index (χ0v) is 12.3. The first-order chi connectivity index (χ1) is 10.5. The highest BCUT2D eigenvalue weighted by molar-refractivity contribution is 7.87. The van der Waals surface area contributed by atoms with Gasteiger partial charge in [-0.25, -0.2) is 15.0 Å². The van der Waals surface area contributed by atoms with Gasteiger partial charge in [0, 0.05) is 10.8 Å². The molecule has 3 rings (SSSR count). The third-order valence-electron chi connectivity index (χ3n) is 3.51. The smallest absolute Gasteiger partial charge is 0.167 e. The van der Waals surface area contributed by atoms with Crippen molar-refractivity contribution in [3.63, 3.8) is 0 Å². The van der Waals surface area contributed by atoms with E-state index in [4.69, 9.17) is 10.5 Å². The summed E-state index contributed by atoms with van der Waals surface area (Å²) in [5.74, 6) is 0.253. The zero-order valence-electron chi connectivity index (χ0n) is 11.4. The van der Waals surface area contributed by atoms with E-state index in [0.29, 0.717) is 11.2 Å². The summed E-state index contributed by atoms with van der Waals surface area (Å²) in [6.45, 7) is 3.42. The second kappa shape index (κ2) is 5.72. The minimum absolute atomic E-state index is 0.0436. The van der Waals surface area contributed by atoms with Crippen LogP contribution in [0.15, 0.2) is 24.6 Å². The zero-order chi connectivity index (χ0) is 15.9. The Bertz CT molecular complexity index is 735. The van der Waals surface area contributed by atoms with E-state index in [1.807, 2.05) is 0 Å². The van der Waals surface area contributed by atoms with Crippen LogP contribution in [-0.2, 0) is 15.5 Å². The molecule has 9 nitrogen and oxygen atoms in total. The molecule has 5 atom stereocenters. The molecule has 0 aromatic carbocycles. The van der Waals surface area contributed by atoms with Crippen LogP contribution in [-0.4, -0.2) is 58.0 Å². The molecule has 3 heterocycles. The van der Waals surface area contributed by atoms with Crippen LogP contribution >= 0.6 is 0 Å². The maximum absolute atomic E-state index is 11.5. The summed E-state index contributed by atoms with van der Waals surface area (Å²) in [6, 6.07) is 0. The van der Waals surface area contributed by atoms with Gasteiger partial charge in [0.15, 0.2) is 17.7 Å². The molecule has 0 aliphatic carbocycles. The molecule has 0 saturated carbocycles. The predicted octanol–water partition coefficient (Wildman–Crippen LogP) is -1.08. The van der Waals surface area contributed by atoms with Crippen LogP contribution in [0.5, 0.6) is 0 Å². The van der Waals surface area contributed by atoms with E-state index in [1.165, 1.54) is 22.6 Å². The van der Waals surface area contributed by atoms with Crippen molar-refractivity contribution in [1.82, 2.24) is 19.5 Å². The van der Waals surface area contributed by atoms with Gasteiger partial charge in [0.1, 0.15) is 30.2 Å². The van der Waals surface area contributed by atoms with E-state index in [-0.39, 0.29) is 11.6 Å². The van der Waals surface area contributed by atoms with Crippen molar-refractivity contribution in [2.24, 2.45) is 0 Å². The number of aliphatic hydroxyl groups excluding tert-OH is 2. The average molecular weight is 325 g/mol. The molecule has 0 radical (unpaired) electrons. The van der Waals surface area contributed by atoms with Crippen molar-refractivity contribution in [1.29, 1.82) is 0 Å². The van der Waals surface area contributed by atoms with E-state index in [1.54, 1.807) is 0 Å². The van der Waals surface area contributed by atoms with Gasteiger partial charge in [0.2, 0.25) is 0 Å². The second-order valence-corrected chi connectivity index (χ2v) is 6.27. The molecule has 2 aromatic rings. The van der Waals surface area contributed by atoms with Crippen LogP contribution in [0.3, 0.4) is 0 Å². The van der Waals surface area contributed by atoms with E-state index < -0.39 is 35.3 Å². The van der Waals surface area contributed by atoms with Gasteiger partial charge in [0.05, 0.1) is 12.1 Å². The molecule has 2 aromatic heterocycles. The number of nitrogen functional groups attached to an aromatic ring is 1. The monoisotopic (exact) mass is 325 g/mol. The molecule has 118 valence electrons. The number of hydrogen-bond donors (Lipinski definition) is 3. The number of ether oxygens (including phenoxy) is 1. The van der Waals surface area contributed by atoms with E-state index >= 15 is 0 Å². The number of imidazole rings is 1. The highest BCUT2D eigenvalue weighted by atomic mass is 32.2. The van der Waals surface area contributed by atoms with Crippen LogP contribution in [0.25, 0.3) is 11.2 Å². The molecule has 1 aliphatic rings. The number of aliphatic hydroxyl groups is 2. The van der Waals surface area contributed by atoms with Gasteiger partial charge in [0.25, 0.3) is 0 Å². The second-order valence-electron chi connectivity index (χ2n) is 4.84. The standard InChI is InChI=1S/C12H15N5O4S/c1-2-22(20)3-6-8(18)9(19)12(21-6)17-5-16-7-10(13)14-4-15-11(7)17/h2,4-6,8-9,12,18-19H,1,3H2,(H2,13,14,15)/t6-,8+,9+,12-,22?/m1/s1. The van der Waals surface area contributed by atoms with Crippen molar-refractivity contribution in [2.45, 2.75) is 24.5 Å². The lowest BCUT2D eigenvalue weighted by atomic mass is 10.1. The van der Waals surface area contributed by atoms with E-state index in [9.17, 15) is 14.4 Å². The number of nitrogens with two attached hydrogens (primary N) is 1. The topological polar surface area (TPSA) is 136 Å². The summed E-state index contributed by atoms with van der Waals surface area (Å²) in [7, 11) is -1.35. The summed E-state index contributed by atoms with van der Waals surface area (Å²) in [5.41, 5.74) is 6.47. The van der Waals surface area contributed by atoms with Crippen molar-refractivity contribution in [3.8, 4) is 0 Å². The molecule has 0 bridgehead atoms. The van der Waals surface area contributed by atoms with Crippen molar-refractivity contribution in [2.75, 3.05) is 11.5 Å². The largest absolute Gasteiger partial charge is 0.387 e. The molecule has 4 N–H and O–H groups in total. The highest BCUT2D eigenvalue weighted by Gasteiger charge is 2.44. The van der Waals surface area contributed by atoms with Crippen LogP contribution in [0.2, 0.25) is 0 Å². The van der Waals surface area contributed by atoms with Gasteiger partial charge in [-0.05, 0) is 5.41 Å². The Morgan fingerprint density at radius 1 is 1.41 bits per heavy atom. The molecule has 0 amide bonds. The van der Waals surface area contributed by atoms with Gasteiger partial charge in [-0.15, -0.1) is 0 Å². The maximum atomic E-state index is 11.5. The molecule has 1 unspecified atom stereocenters. The van der Waals surface area contributed by atoms with Crippen LogP contribution < -0.4 is 5.73 Å². The molecule has 10 heteroatoms. The fourth-order valence-corrected chi connectivity index (χ4v) is 3.12. The highest BCUT2D eigenvalue weighted by Crippen LogP contribution is 2.32. The third kappa shape index (κ3) is 2.39. The van der Waals surface area contributed by atoms with E-state index in [0.717, 1.165) is 0 Å². The molecule has 1 saturated heterocycles. The normalized spacial score (nSPS) is 29.7. The van der Waals surface area contributed by atoms with Crippen LogP contribution in [0.1, 0.15) is 6.23 Å². The number of fused-ring (bicyclic) bond motifs is 1. The molecule has 1 fully saturated rings. The Morgan fingerprint density at radius 2 is 2.18 bits per heavy atom. The molecule has 0 spiro atoms. The summed E-state index contributed by atoms with van der Waals surface area (Å²) in [6.07, 6.45) is -1.39. The van der Waals surface area contributed by atoms with Gasteiger partial charge < -0.3 is 20.7 Å². The fourth-order valence-electron chi connectivity index (χ4n) is 2.38. The molecule has 22 heavy (non-hydrogen) atoms. The number of anilines is 1. The maximum Gasteiger partial charge on any atom is 0.167 e. The molecule has 1 aliphatic heterocycles. The van der Waals surface area contributed by atoms with E-state index in [2.05, 4.69) is 21.5 Å². The van der Waals surface area contributed by atoms with Crippen LogP contribution in [0, 0.1) is 0 Å². The SMILES string of the molecule is C=CS(=O)C[C@H]1O[C@@H](n2cnc3c(N)ncnc32)[C@@H](O)[C@H]1O. The number of rotatable bonds is 4. The van der Waals surface area contributed by atoms with Crippen molar-refractivity contribution < 1.29 is 19.2 Å². The number of aromatic nitrogens is 4. The van der Waals surface area contributed by atoms with Crippen LogP contribution in [0.4, 0.5) is 5.82 Å². The Labute approximate surface area is 127 Å². The summed E-state index contributed by atoms with van der Waals surface area (Å²) in [4.78, 5) is 12.0. The summed E-state index contributed by atoms with van der Waals surface area (Å²) >= 11 is 0. The van der Waals surface area contributed by atoms with Gasteiger partial charge in [-0.2, -0.15) is 0 Å². The van der Waals surface area contributed by atoms with Gasteiger partial charge in [-0.3, -0.25) is 8.78 Å². The lowest BCUT2D eigenvalue weighted by Gasteiger charge is -2.16. The van der Waals surface area contributed by atoms with Gasteiger partial charge in [-0.1, -0.05) is 6.58 Å². The summed E-state index contributed by atoms with van der Waals surface area (Å²) in [5, 5.41) is 21.5. The Kier molecular flexibility index (Phi) is 3.91. The number of hydrogen-bond acceptors (Lipinski definition) is 8. The first-order valence-corrected chi connectivity index (χ1v) is 7.85. The lowest BCUT2D eigenvalue weighted by molar-refractivity contribution is -0.0290. The fraction of sp³-hybridized carbons (Fsp3) is 0.417. The molecular formula is C12H15N5O4S. The molecular weight excluding hydrogens is 310 g/mol. The Balaban J connectivity index is 1.92. The third-order valence-corrected chi connectivity index (χ3v) is 4.54. The van der Waals surface area contributed by atoms with Gasteiger partial charge >= 0.3 is 0 Å². The predicted molar refractivity (Wildman–Crippen MR) is 78.9 cm³/mol. The number of nitrogens with zero attached hydrogens (tertiary/aromatic N) is 4. The average Bonchev–Trinajstić information content (AvgIpc) is 3.05. The minimum atomic E-state index is -1.35. The Hall–Kier alpha value is -1.88. The quantitative estimate of drug-likeness (QED) is 0.645. The van der Waals surface area contributed by atoms with Crippen molar-refractivity contribution in [3.05, 3.63) is 24.6 Å². The summed E-state index contributed by atoms with van der Waals surface area (Å²) < 4.78 is 18.6. The van der Waals surface area contributed by atoms with Crippen molar-refractivity contribution >= 4 is 27.8 Å². The first kappa shape index (κ1) is 15.0. The first-order valence-electron chi connectivity index (χ1n) is 6.47. The minimum Gasteiger partial charge on any atom is -0.387 e. The lowest BCUT2D eigenvalue weighted by Crippen LogP contribution is -2.34.